The van der Waals surface area contributed by atoms with Crippen LogP contribution in [0.1, 0.15) is 17.5 Å². The molecule has 5 nitrogen and oxygen atoms in total. The Morgan fingerprint density at radius 2 is 1.95 bits per heavy atom. The lowest BCUT2D eigenvalue weighted by Crippen LogP contribution is -2.36. The van der Waals surface area contributed by atoms with Gasteiger partial charge in [-0.1, -0.05) is 12.1 Å². The van der Waals surface area contributed by atoms with Crippen molar-refractivity contribution in [2.24, 2.45) is 0 Å². The molecule has 0 spiro atoms. The number of aryl methyl sites for hydroxylation is 1. The summed E-state index contributed by atoms with van der Waals surface area (Å²) in [4.78, 5) is 4.03. The van der Waals surface area contributed by atoms with Crippen molar-refractivity contribution < 1.29 is 13.2 Å². The fourth-order valence-electron chi connectivity index (χ4n) is 2.07. The van der Waals surface area contributed by atoms with Gasteiger partial charge in [-0.3, -0.25) is 0 Å². The largest absolute Gasteiger partial charge is 0.497 e. The molecule has 0 aliphatic rings. The van der Waals surface area contributed by atoms with Crippen LogP contribution < -0.4 is 4.74 Å². The summed E-state index contributed by atoms with van der Waals surface area (Å²) in [5.74, 6) is 0.789. The Balaban J connectivity index is 2.12. The molecule has 2 aromatic rings. The molecule has 0 saturated carbocycles. The van der Waals surface area contributed by atoms with Crippen LogP contribution in [0, 0.1) is 6.92 Å². The van der Waals surface area contributed by atoms with Crippen molar-refractivity contribution in [3.8, 4) is 5.75 Å². The van der Waals surface area contributed by atoms with Crippen LogP contribution in [0.25, 0.3) is 0 Å². The molecule has 7 heteroatoms. The van der Waals surface area contributed by atoms with Crippen molar-refractivity contribution in [2.45, 2.75) is 30.5 Å². The Kier molecular flexibility index (Phi) is 5.20. The molecule has 0 amide bonds. The Bertz CT molecular complexity index is 724. The molecule has 120 valence electrons. The smallest absolute Gasteiger partial charge is 0.254 e. The van der Waals surface area contributed by atoms with E-state index >= 15 is 0 Å². The van der Waals surface area contributed by atoms with Crippen LogP contribution in [0.5, 0.6) is 5.75 Å². The van der Waals surface area contributed by atoms with Crippen molar-refractivity contribution in [3.63, 3.8) is 0 Å². The van der Waals surface area contributed by atoms with Gasteiger partial charge in [-0.15, -0.1) is 11.3 Å². The second-order valence-corrected chi connectivity index (χ2v) is 8.58. The highest BCUT2D eigenvalue weighted by Crippen LogP contribution is 2.24. The van der Waals surface area contributed by atoms with Gasteiger partial charge in [0.15, 0.2) is 4.21 Å². The highest BCUT2D eigenvalue weighted by Gasteiger charge is 2.27. The number of nitrogens with zero attached hydrogens (tertiary/aromatic N) is 2. The Labute approximate surface area is 135 Å². The first kappa shape index (κ1) is 16.9. The summed E-state index contributed by atoms with van der Waals surface area (Å²) in [6, 6.07) is 7.51. The molecule has 2 rings (SSSR count). The maximum absolute atomic E-state index is 12.6. The minimum Gasteiger partial charge on any atom is -0.497 e. The quantitative estimate of drug-likeness (QED) is 0.811. The first-order valence-electron chi connectivity index (χ1n) is 6.88. The molecule has 0 fully saturated rings. The molecular weight excluding hydrogens is 320 g/mol. The van der Waals surface area contributed by atoms with E-state index in [0.29, 0.717) is 6.42 Å². The van der Waals surface area contributed by atoms with Crippen LogP contribution in [0.3, 0.4) is 0 Å². The van der Waals surface area contributed by atoms with Gasteiger partial charge in [0, 0.05) is 13.1 Å². The van der Waals surface area contributed by atoms with E-state index in [4.69, 9.17) is 4.74 Å². The van der Waals surface area contributed by atoms with Crippen LogP contribution in [0.15, 0.2) is 34.7 Å². The third kappa shape index (κ3) is 3.66. The predicted octanol–water partition coefficient (Wildman–Crippen LogP) is 2.71. The molecule has 0 radical (unpaired) electrons. The first-order chi connectivity index (χ1) is 10.3. The summed E-state index contributed by atoms with van der Waals surface area (Å²) in [5.41, 5.74) is 1.07. The molecule has 0 bridgehead atoms. The fourth-order valence-corrected chi connectivity index (χ4v) is 4.73. The van der Waals surface area contributed by atoms with Gasteiger partial charge in [0.1, 0.15) is 5.75 Å². The zero-order chi connectivity index (χ0) is 16.3. The highest BCUT2D eigenvalue weighted by molar-refractivity contribution is 7.91. The molecule has 1 unspecified atom stereocenters. The van der Waals surface area contributed by atoms with E-state index in [-0.39, 0.29) is 10.3 Å². The second kappa shape index (κ2) is 6.76. The Morgan fingerprint density at radius 1 is 1.32 bits per heavy atom. The summed E-state index contributed by atoms with van der Waals surface area (Å²) < 4.78 is 31.9. The molecule has 1 atom stereocenters. The van der Waals surface area contributed by atoms with E-state index in [9.17, 15) is 8.42 Å². The third-order valence-electron chi connectivity index (χ3n) is 3.54. The van der Waals surface area contributed by atoms with E-state index in [1.165, 1.54) is 21.8 Å². The van der Waals surface area contributed by atoms with Crippen molar-refractivity contribution >= 4 is 21.4 Å². The lowest BCUT2D eigenvalue weighted by atomic mass is 10.1. The predicted molar refractivity (Wildman–Crippen MR) is 88.0 cm³/mol. The van der Waals surface area contributed by atoms with E-state index in [0.717, 1.165) is 16.3 Å². The molecule has 0 aliphatic carbocycles. The number of benzene rings is 1. The number of likely N-dealkylation sites (N-methyl/N-ethyl adjacent to an activating group) is 1. The van der Waals surface area contributed by atoms with Crippen molar-refractivity contribution in [2.75, 3.05) is 14.2 Å². The van der Waals surface area contributed by atoms with Crippen molar-refractivity contribution in [1.29, 1.82) is 0 Å². The van der Waals surface area contributed by atoms with Crippen LogP contribution in [-0.4, -0.2) is 37.9 Å². The average Bonchev–Trinajstić information content (AvgIpc) is 2.94. The number of rotatable bonds is 6. The number of thiazole rings is 1. The number of ether oxygens (including phenoxy) is 1. The minimum atomic E-state index is -3.49. The molecule has 1 aromatic heterocycles. The number of hydrogen-bond acceptors (Lipinski definition) is 5. The van der Waals surface area contributed by atoms with Crippen LogP contribution in [0.2, 0.25) is 0 Å². The number of hydrogen-bond donors (Lipinski definition) is 0. The van der Waals surface area contributed by atoms with Crippen LogP contribution in [-0.2, 0) is 16.4 Å². The molecular formula is C15H20N2O3S2. The van der Waals surface area contributed by atoms with Gasteiger partial charge in [0.05, 0.1) is 18.3 Å². The molecule has 0 aliphatic heterocycles. The lowest BCUT2D eigenvalue weighted by Gasteiger charge is -2.23. The second-order valence-electron chi connectivity index (χ2n) is 5.12. The zero-order valence-corrected chi connectivity index (χ0v) is 14.7. The maximum Gasteiger partial charge on any atom is 0.254 e. The van der Waals surface area contributed by atoms with Crippen molar-refractivity contribution in [3.05, 3.63) is 41.0 Å². The SMILES string of the molecule is COc1ccc(CC(C)N(C)S(=O)(=O)c2cnc(C)s2)cc1. The molecule has 22 heavy (non-hydrogen) atoms. The zero-order valence-electron chi connectivity index (χ0n) is 13.1. The summed E-state index contributed by atoms with van der Waals surface area (Å²) >= 11 is 1.19. The Hall–Kier alpha value is -1.44. The van der Waals surface area contributed by atoms with E-state index < -0.39 is 10.0 Å². The monoisotopic (exact) mass is 340 g/mol. The molecule has 1 aromatic carbocycles. The normalized spacial score (nSPS) is 13.3. The van der Waals surface area contributed by atoms with Gasteiger partial charge >= 0.3 is 0 Å². The van der Waals surface area contributed by atoms with Crippen molar-refractivity contribution in [1.82, 2.24) is 9.29 Å². The first-order valence-corrected chi connectivity index (χ1v) is 9.13. The highest BCUT2D eigenvalue weighted by atomic mass is 32.2. The maximum atomic E-state index is 12.6. The summed E-state index contributed by atoms with van der Waals surface area (Å²) in [5, 5.41) is 0.745. The fraction of sp³-hybridized carbons (Fsp3) is 0.400. The summed E-state index contributed by atoms with van der Waals surface area (Å²) in [7, 11) is -0.256. The molecule has 0 N–H and O–H groups in total. The number of sulfonamides is 1. The number of aromatic nitrogens is 1. The van der Waals surface area contributed by atoms with Crippen LogP contribution in [0.4, 0.5) is 0 Å². The third-order valence-corrected chi connectivity index (χ3v) is 6.87. The molecule has 1 heterocycles. The number of methoxy groups -OCH3 is 1. The van der Waals surface area contributed by atoms with E-state index in [1.807, 2.05) is 31.2 Å². The van der Waals surface area contributed by atoms with Gasteiger partial charge in [-0.2, -0.15) is 4.31 Å². The standard InChI is InChI=1S/C15H20N2O3S2/c1-11(9-13-5-7-14(20-4)8-6-13)17(3)22(18,19)15-10-16-12(2)21-15/h5-8,10-11H,9H2,1-4H3. The van der Waals surface area contributed by atoms with E-state index in [2.05, 4.69) is 4.98 Å². The van der Waals surface area contributed by atoms with E-state index in [1.54, 1.807) is 21.1 Å². The molecule has 0 saturated heterocycles. The Morgan fingerprint density at radius 3 is 2.45 bits per heavy atom. The lowest BCUT2D eigenvalue weighted by molar-refractivity contribution is 0.387. The van der Waals surface area contributed by atoms with Crippen LogP contribution >= 0.6 is 11.3 Å². The minimum absolute atomic E-state index is 0.152. The topological polar surface area (TPSA) is 59.5 Å². The van der Waals surface area contributed by atoms with Gasteiger partial charge < -0.3 is 4.74 Å². The van der Waals surface area contributed by atoms with Gasteiger partial charge in [0.2, 0.25) is 0 Å². The summed E-state index contributed by atoms with van der Waals surface area (Å²) in [6.45, 7) is 3.69. The van der Waals surface area contributed by atoms with Gasteiger partial charge in [0.25, 0.3) is 10.0 Å². The average molecular weight is 340 g/mol. The van der Waals surface area contributed by atoms with Gasteiger partial charge in [-0.25, -0.2) is 13.4 Å². The summed E-state index contributed by atoms with van der Waals surface area (Å²) in [6.07, 6.45) is 2.06. The van der Waals surface area contributed by atoms with Gasteiger partial charge in [-0.05, 0) is 38.0 Å².